The van der Waals surface area contributed by atoms with Gasteiger partial charge >= 0.3 is 0 Å². The number of rotatable bonds is 7. The number of pyridine rings is 2. The molecule has 35 heavy (non-hydrogen) atoms. The molecule has 4 aromatic rings. The molecule has 0 saturated carbocycles. The van der Waals surface area contributed by atoms with Gasteiger partial charge in [-0.15, -0.1) is 0 Å². The van der Waals surface area contributed by atoms with Gasteiger partial charge in [0.2, 0.25) is 0 Å². The molecule has 0 atom stereocenters. The third-order valence-corrected chi connectivity index (χ3v) is 6.64. The van der Waals surface area contributed by atoms with Crippen LogP contribution in [0.25, 0.3) is 11.1 Å². The van der Waals surface area contributed by atoms with Crippen molar-refractivity contribution >= 4 is 27.3 Å². The molecule has 4 rings (SSSR count). The minimum atomic E-state index is -4.34. The molecule has 0 amide bonds. The van der Waals surface area contributed by atoms with E-state index >= 15 is 0 Å². The van der Waals surface area contributed by atoms with E-state index in [4.69, 9.17) is 0 Å². The van der Waals surface area contributed by atoms with Crippen LogP contribution in [-0.2, 0) is 16.4 Å². The second-order valence-electron chi connectivity index (χ2n) is 7.69. The highest BCUT2D eigenvalue weighted by atomic mass is 32.2. The van der Waals surface area contributed by atoms with Crippen LogP contribution in [0.1, 0.15) is 24.0 Å². The van der Waals surface area contributed by atoms with Crippen LogP contribution < -0.4 is 10.0 Å². The molecular formula is C24H22F2N6O2S. The Labute approximate surface area is 201 Å². The lowest BCUT2D eigenvalue weighted by atomic mass is 9.98. The Hall–Kier alpha value is -3.99. The molecule has 1 aromatic carbocycles. The fourth-order valence-corrected chi connectivity index (χ4v) is 4.83. The SMILES string of the molecule is CCc1c(-c2ccnc(Nc3ccnc(C)n3)c2)cnc(C)c1NS(=O)(=O)c1ccc(F)cc1F. The minimum absolute atomic E-state index is 0.242. The molecule has 0 aliphatic carbocycles. The molecule has 8 nitrogen and oxygen atoms in total. The molecule has 0 unspecified atom stereocenters. The van der Waals surface area contributed by atoms with Gasteiger partial charge in [0.05, 0.1) is 11.4 Å². The summed E-state index contributed by atoms with van der Waals surface area (Å²) in [5.41, 5.74) is 2.75. The van der Waals surface area contributed by atoms with Gasteiger partial charge in [0, 0.05) is 30.2 Å². The molecule has 3 heterocycles. The Balaban J connectivity index is 1.73. The lowest BCUT2D eigenvalue weighted by Gasteiger charge is -2.18. The van der Waals surface area contributed by atoms with Crippen LogP contribution in [0.2, 0.25) is 0 Å². The Kier molecular flexibility index (Phi) is 6.70. The monoisotopic (exact) mass is 496 g/mol. The smallest absolute Gasteiger partial charge is 0.264 e. The van der Waals surface area contributed by atoms with Gasteiger partial charge < -0.3 is 5.32 Å². The molecule has 11 heteroatoms. The zero-order chi connectivity index (χ0) is 25.2. The van der Waals surface area contributed by atoms with Gasteiger partial charge in [-0.2, -0.15) is 0 Å². The largest absolute Gasteiger partial charge is 0.325 e. The maximum absolute atomic E-state index is 14.2. The predicted molar refractivity (Wildman–Crippen MR) is 129 cm³/mol. The number of aryl methyl sites for hydroxylation is 2. The molecule has 180 valence electrons. The zero-order valence-corrected chi connectivity index (χ0v) is 20.0. The van der Waals surface area contributed by atoms with Crippen LogP contribution in [0.15, 0.2) is 59.9 Å². The predicted octanol–water partition coefficient (Wildman–Crippen LogP) is 4.94. The van der Waals surface area contributed by atoms with Crippen molar-refractivity contribution in [2.45, 2.75) is 32.1 Å². The maximum atomic E-state index is 14.2. The standard InChI is InChI=1S/C24H22F2N6O2S/c1-4-18-19(16-7-9-28-23(11-16)31-22-8-10-27-15(3)30-22)13-29-14(2)24(18)32-35(33,34)21-6-5-17(25)12-20(21)26/h5-13,32H,4H2,1-3H3,(H,27,28,30,31). The molecule has 0 aliphatic rings. The highest BCUT2D eigenvalue weighted by Gasteiger charge is 2.23. The summed E-state index contributed by atoms with van der Waals surface area (Å²) >= 11 is 0. The van der Waals surface area contributed by atoms with Crippen LogP contribution in [-0.4, -0.2) is 28.4 Å². The molecule has 2 N–H and O–H groups in total. The van der Waals surface area contributed by atoms with Gasteiger partial charge in [0.15, 0.2) is 0 Å². The van der Waals surface area contributed by atoms with Crippen LogP contribution >= 0.6 is 0 Å². The summed E-state index contributed by atoms with van der Waals surface area (Å²) in [5.74, 6) is -0.332. The van der Waals surface area contributed by atoms with Crippen LogP contribution in [0.5, 0.6) is 0 Å². The Morgan fingerprint density at radius 2 is 1.71 bits per heavy atom. The second-order valence-corrected chi connectivity index (χ2v) is 9.34. The normalized spacial score (nSPS) is 11.3. The molecule has 0 spiro atoms. The van der Waals surface area contributed by atoms with E-state index in [2.05, 4.69) is 30.0 Å². The molecule has 0 aliphatic heterocycles. The summed E-state index contributed by atoms with van der Waals surface area (Å²) in [6, 6.07) is 7.60. The number of hydrogen-bond acceptors (Lipinski definition) is 7. The van der Waals surface area contributed by atoms with Gasteiger partial charge in [-0.05, 0) is 61.7 Å². The van der Waals surface area contributed by atoms with Crippen LogP contribution in [0.4, 0.5) is 26.1 Å². The van der Waals surface area contributed by atoms with E-state index in [1.807, 2.05) is 6.92 Å². The van der Waals surface area contributed by atoms with Crippen molar-refractivity contribution in [3.8, 4) is 11.1 Å². The second kappa shape index (κ2) is 9.71. The molecule has 3 aromatic heterocycles. The average Bonchev–Trinajstić information content (AvgIpc) is 2.80. The fraction of sp³-hybridized carbons (Fsp3) is 0.167. The van der Waals surface area contributed by atoms with Crippen molar-refractivity contribution in [1.29, 1.82) is 0 Å². The van der Waals surface area contributed by atoms with E-state index in [1.165, 1.54) is 0 Å². The van der Waals surface area contributed by atoms with Crippen molar-refractivity contribution < 1.29 is 17.2 Å². The summed E-state index contributed by atoms with van der Waals surface area (Å²) in [5, 5.41) is 3.12. The van der Waals surface area contributed by atoms with Crippen molar-refractivity contribution in [1.82, 2.24) is 19.9 Å². The first-order chi connectivity index (χ1) is 16.7. The van der Waals surface area contributed by atoms with Crippen molar-refractivity contribution in [3.05, 3.63) is 83.7 Å². The summed E-state index contributed by atoms with van der Waals surface area (Å²) in [6.45, 7) is 5.30. The van der Waals surface area contributed by atoms with E-state index < -0.39 is 26.6 Å². The van der Waals surface area contributed by atoms with Crippen LogP contribution in [0, 0.1) is 25.5 Å². The fourth-order valence-electron chi connectivity index (χ4n) is 3.61. The summed E-state index contributed by atoms with van der Waals surface area (Å²) in [4.78, 5) is 16.4. The van der Waals surface area contributed by atoms with Gasteiger partial charge in [-0.25, -0.2) is 32.2 Å². The van der Waals surface area contributed by atoms with Gasteiger partial charge in [-0.1, -0.05) is 6.92 Å². The van der Waals surface area contributed by atoms with E-state index in [0.29, 0.717) is 46.8 Å². The third-order valence-electron chi connectivity index (χ3n) is 5.25. The number of nitrogens with zero attached hydrogens (tertiary/aromatic N) is 4. The van der Waals surface area contributed by atoms with Crippen LogP contribution in [0.3, 0.4) is 0 Å². The molecule has 0 bridgehead atoms. The van der Waals surface area contributed by atoms with Gasteiger partial charge in [-0.3, -0.25) is 9.71 Å². The van der Waals surface area contributed by atoms with Crippen molar-refractivity contribution in [3.63, 3.8) is 0 Å². The van der Waals surface area contributed by atoms with Gasteiger partial charge in [0.1, 0.15) is 34.0 Å². The molecule has 0 fully saturated rings. The number of halogens is 2. The molecule has 0 saturated heterocycles. The summed E-state index contributed by atoms with van der Waals surface area (Å²) < 4.78 is 55.9. The highest BCUT2D eigenvalue weighted by Crippen LogP contribution is 2.33. The number of aromatic nitrogens is 4. The highest BCUT2D eigenvalue weighted by molar-refractivity contribution is 7.92. The zero-order valence-electron chi connectivity index (χ0n) is 19.2. The third kappa shape index (κ3) is 5.24. The minimum Gasteiger partial charge on any atom is -0.325 e. The average molecular weight is 497 g/mol. The van der Waals surface area contributed by atoms with Crippen molar-refractivity contribution in [2.24, 2.45) is 0 Å². The number of sulfonamides is 1. The first kappa shape index (κ1) is 24.1. The number of hydrogen-bond donors (Lipinski definition) is 2. The Bertz CT molecular complexity index is 1510. The van der Waals surface area contributed by atoms with Gasteiger partial charge in [0.25, 0.3) is 10.0 Å². The topological polar surface area (TPSA) is 110 Å². The number of anilines is 3. The quantitative estimate of drug-likeness (QED) is 0.373. The number of nitrogens with one attached hydrogen (secondary N) is 2. The maximum Gasteiger partial charge on any atom is 0.264 e. The van der Waals surface area contributed by atoms with E-state index in [9.17, 15) is 17.2 Å². The Morgan fingerprint density at radius 1 is 0.943 bits per heavy atom. The Morgan fingerprint density at radius 3 is 2.43 bits per heavy atom. The lowest BCUT2D eigenvalue weighted by Crippen LogP contribution is -2.17. The number of benzene rings is 1. The summed E-state index contributed by atoms with van der Waals surface area (Å²) in [7, 11) is -4.34. The first-order valence-corrected chi connectivity index (χ1v) is 12.2. The van der Waals surface area contributed by atoms with E-state index in [1.54, 1.807) is 50.6 Å². The first-order valence-electron chi connectivity index (χ1n) is 10.7. The lowest BCUT2D eigenvalue weighted by molar-refractivity contribution is 0.551. The summed E-state index contributed by atoms with van der Waals surface area (Å²) in [6.07, 6.45) is 5.36. The molecule has 0 radical (unpaired) electrons. The van der Waals surface area contributed by atoms with E-state index in [0.717, 1.165) is 17.7 Å². The molecular weight excluding hydrogens is 474 g/mol. The van der Waals surface area contributed by atoms with E-state index in [-0.39, 0.29) is 5.69 Å². The van der Waals surface area contributed by atoms with Crippen molar-refractivity contribution in [2.75, 3.05) is 10.0 Å².